The highest BCUT2D eigenvalue weighted by molar-refractivity contribution is 7.99. The van der Waals surface area contributed by atoms with E-state index in [4.69, 9.17) is 9.47 Å². The first-order valence-electron chi connectivity index (χ1n) is 9.35. The third-order valence-corrected chi connectivity index (χ3v) is 5.35. The van der Waals surface area contributed by atoms with E-state index in [1.165, 1.54) is 36.0 Å². The molecule has 7 nitrogen and oxygen atoms in total. The molecule has 1 N–H and O–H groups in total. The number of nitrogens with one attached hydrogen (secondary N) is 1. The van der Waals surface area contributed by atoms with E-state index >= 15 is 0 Å². The van der Waals surface area contributed by atoms with Crippen LogP contribution in [0.1, 0.15) is 18.3 Å². The summed E-state index contributed by atoms with van der Waals surface area (Å²) in [5, 5.41) is 11.9. The number of hydrogen-bond donors (Lipinski definition) is 1. The number of nitrogens with zero attached hydrogens (tertiary/aromatic N) is 3. The van der Waals surface area contributed by atoms with Crippen LogP contribution in [0.15, 0.2) is 47.6 Å². The smallest absolute Gasteiger partial charge is 0.234 e. The van der Waals surface area contributed by atoms with Crippen LogP contribution in [0.5, 0.6) is 11.5 Å². The zero-order chi connectivity index (χ0) is 21.5. The molecule has 0 saturated carbocycles. The monoisotopic (exact) mass is 430 g/mol. The molecule has 2 aromatic carbocycles. The lowest BCUT2D eigenvalue weighted by Gasteiger charge is -2.10. The molecular formula is C21H23FN4O3S. The van der Waals surface area contributed by atoms with Crippen LogP contribution in [0.2, 0.25) is 0 Å². The Morgan fingerprint density at radius 2 is 1.83 bits per heavy atom. The Labute approximate surface area is 178 Å². The van der Waals surface area contributed by atoms with Gasteiger partial charge in [-0.15, -0.1) is 10.2 Å². The minimum Gasteiger partial charge on any atom is -0.493 e. The SMILES string of the molecule is CCn1c(Cc2ccc(OC)c(OC)c2)nnc1SCC(=O)Nc1ccc(F)cc1. The van der Waals surface area contributed by atoms with Crippen molar-refractivity contribution in [3.63, 3.8) is 0 Å². The molecule has 1 heterocycles. The average Bonchev–Trinajstić information content (AvgIpc) is 3.15. The first-order chi connectivity index (χ1) is 14.5. The van der Waals surface area contributed by atoms with E-state index < -0.39 is 0 Å². The molecule has 3 aromatic rings. The van der Waals surface area contributed by atoms with Crippen molar-refractivity contribution >= 4 is 23.4 Å². The molecule has 0 bridgehead atoms. The number of anilines is 1. The number of methoxy groups -OCH3 is 2. The minimum absolute atomic E-state index is 0.172. The molecule has 0 radical (unpaired) electrons. The van der Waals surface area contributed by atoms with Gasteiger partial charge in [-0.25, -0.2) is 4.39 Å². The molecule has 30 heavy (non-hydrogen) atoms. The number of amides is 1. The van der Waals surface area contributed by atoms with E-state index in [2.05, 4.69) is 15.5 Å². The lowest BCUT2D eigenvalue weighted by atomic mass is 10.1. The van der Waals surface area contributed by atoms with Crippen molar-refractivity contribution < 1.29 is 18.7 Å². The van der Waals surface area contributed by atoms with Gasteiger partial charge >= 0.3 is 0 Å². The Bertz CT molecular complexity index is 1010. The fourth-order valence-corrected chi connectivity index (χ4v) is 3.73. The first kappa shape index (κ1) is 21.6. The number of halogens is 1. The van der Waals surface area contributed by atoms with Crippen LogP contribution in [0.25, 0.3) is 0 Å². The highest BCUT2D eigenvalue weighted by atomic mass is 32.2. The molecule has 1 aromatic heterocycles. The lowest BCUT2D eigenvalue weighted by Crippen LogP contribution is -2.14. The van der Waals surface area contributed by atoms with Crippen LogP contribution in [-0.4, -0.2) is 40.6 Å². The summed E-state index contributed by atoms with van der Waals surface area (Å²) in [6.45, 7) is 2.68. The number of ether oxygens (including phenoxy) is 2. The second-order valence-electron chi connectivity index (χ2n) is 6.35. The number of carbonyl (C=O) groups is 1. The number of aromatic nitrogens is 3. The van der Waals surface area contributed by atoms with Gasteiger partial charge in [-0.1, -0.05) is 17.8 Å². The predicted molar refractivity (Wildman–Crippen MR) is 114 cm³/mol. The van der Waals surface area contributed by atoms with Crippen LogP contribution in [-0.2, 0) is 17.8 Å². The van der Waals surface area contributed by atoms with Crippen molar-refractivity contribution in [3.8, 4) is 11.5 Å². The van der Waals surface area contributed by atoms with E-state index in [9.17, 15) is 9.18 Å². The second-order valence-corrected chi connectivity index (χ2v) is 7.30. The maximum absolute atomic E-state index is 13.0. The zero-order valence-corrected chi connectivity index (χ0v) is 17.8. The third-order valence-electron chi connectivity index (χ3n) is 4.38. The van der Waals surface area contributed by atoms with E-state index in [1.807, 2.05) is 29.7 Å². The van der Waals surface area contributed by atoms with Crippen LogP contribution in [0, 0.1) is 5.82 Å². The van der Waals surface area contributed by atoms with Crippen LogP contribution in [0.4, 0.5) is 10.1 Å². The summed E-state index contributed by atoms with van der Waals surface area (Å²) in [6.07, 6.45) is 0.573. The number of carbonyl (C=O) groups excluding carboxylic acids is 1. The van der Waals surface area contributed by atoms with E-state index in [-0.39, 0.29) is 17.5 Å². The van der Waals surface area contributed by atoms with Crippen molar-refractivity contribution in [2.24, 2.45) is 0 Å². The summed E-state index contributed by atoms with van der Waals surface area (Å²) < 4.78 is 25.6. The van der Waals surface area contributed by atoms with Gasteiger partial charge in [0.05, 0.1) is 20.0 Å². The summed E-state index contributed by atoms with van der Waals surface area (Å²) in [5.41, 5.74) is 1.56. The Hall–Kier alpha value is -3.07. The summed E-state index contributed by atoms with van der Waals surface area (Å²) in [5.74, 6) is 1.75. The normalized spacial score (nSPS) is 10.7. The van der Waals surface area contributed by atoms with Gasteiger partial charge in [-0.2, -0.15) is 0 Å². The van der Waals surface area contributed by atoms with Crippen molar-refractivity contribution in [2.45, 2.75) is 25.0 Å². The second kappa shape index (κ2) is 10.1. The Balaban J connectivity index is 1.65. The molecule has 0 fully saturated rings. The molecule has 0 spiro atoms. The third kappa shape index (κ3) is 5.29. The number of rotatable bonds is 9. The summed E-state index contributed by atoms with van der Waals surface area (Å²) in [6, 6.07) is 11.4. The van der Waals surface area contributed by atoms with Crippen LogP contribution >= 0.6 is 11.8 Å². The fourth-order valence-electron chi connectivity index (χ4n) is 2.91. The molecule has 0 saturated heterocycles. The molecule has 0 unspecified atom stereocenters. The number of hydrogen-bond acceptors (Lipinski definition) is 6. The van der Waals surface area contributed by atoms with Crippen molar-refractivity contribution in [3.05, 3.63) is 59.7 Å². The van der Waals surface area contributed by atoms with Crippen molar-refractivity contribution in [1.29, 1.82) is 0 Å². The first-order valence-corrected chi connectivity index (χ1v) is 10.3. The topological polar surface area (TPSA) is 78.3 Å². The van der Waals surface area contributed by atoms with Gasteiger partial charge in [0.1, 0.15) is 11.6 Å². The van der Waals surface area contributed by atoms with Gasteiger partial charge in [0.25, 0.3) is 0 Å². The standard InChI is InChI=1S/C21H23FN4O3S/c1-4-26-19(12-14-5-10-17(28-2)18(11-14)29-3)24-25-21(26)30-13-20(27)23-16-8-6-15(22)7-9-16/h5-11H,4,12-13H2,1-3H3,(H,23,27). The van der Waals surface area contributed by atoms with Crippen molar-refractivity contribution in [1.82, 2.24) is 14.8 Å². The molecule has 0 aliphatic carbocycles. The molecule has 158 valence electrons. The molecule has 0 aliphatic rings. The highest BCUT2D eigenvalue weighted by Crippen LogP contribution is 2.28. The predicted octanol–water partition coefficient (Wildman–Crippen LogP) is 3.78. The molecule has 3 rings (SSSR count). The maximum Gasteiger partial charge on any atom is 0.234 e. The van der Waals surface area contributed by atoms with Gasteiger partial charge in [0, 0.05) is 18.7 Å². The van der Waals surface area contributed by atoms with Gasteiger partial charge in [0.2, 0.25) is 5.91 Å². The van der Waals surface area contributed by atoms with Gasteiger partial charge in [0.15, 0.2) is 16.7 Å². The molecular weight excluding hydrogens is 407 g/mol. The average molecular weight is 431 g/mol. The van der Waals surface area contributed by atoms with Gasteiger partial charge in [-0.05, 0) is 48.9 Å². The summed E-state index contributed by atoms with van der Waals surface area (Å²) in [7, 11) is 3.20. The van der Waals surface area contributed by atoms with Crippen LogP contribution in [0.3, 0.4) is 0 Å². The Morgan fingerprint density at radius 3 is 2.50 bits per heavy atom. The minimum atomic E-state index is -0.347. The zero-order valence-electron chi connectivity index (χ0n) is 17.0. The summed E-state index contributed by atoms with van der Waals surface area (Å²) >= 11 is 1.31. The number of benzene rings is 2. The van der Waals surface area contributed by atoms with Crippen molar-refractivity contribution in [2.75, 3.05) is 25.3 Å². The summed E-state index contributed by atoms with van der Waals surface area (Å²) in [4.78, 5) is 12.2. The van der Waals surface area contributed by atoms with Gasteiger partial charge in [-0.3, -0.25) is 4.79 Å². The van der Waals surface area contributed by atoms with Gasteiger partial charge < -0.3 is 19.4 Å². The maximum atomic E-state index is 13.0. The molecule has 0 aliphatic heterocycles. The molecule has 0 atom stereocenters. The lowest BCUT2D eigenvalue weighted by molar-refractivity contribution is -0.113. The highest BCUT2D eigenvalue weighted by Gasteiger charge is 2.15. The fraction of sp³-hybridized carbons (Fsp3) is 0.286. The van der Waals surface area contributed by atoms with E-state index in [1.54, 1.807) is 14.2 Å². The Morgan fingerprint density at radius 1 is 1.10 bits per heavy atom. The quantitative estimate of drug-likeness (QED) is 0.521. The Kier molecular flexibility index (Phi) is 7.29. The number of thioether (sulfide) groups is 1. The van der Waals surface area contributed by atoms with Crippen LogP contribution < -0.4 is 14.8 Å². The van der Waals surface area contributed by atoms with E-state index in [0.717, 1.165) is 11.4 Å². The van der Waals surface area contributed by atoms with E-state index in [0.29, 0.717) is 35.3 Å². The largest absolute Gasteiger partial charge is 0.493 e. The molecule has 9 heteroatoms. The molecule has 1 amide bonds.